The van der Waals surface area contributed by atoms with Crippen LogP contribution in [0.5, 0.6) is 17.2 Å². The van der Waals surface area contributed by atoms with E-state index in [0.29, 0.717) is 29.4 Å². The Hall–Kier alpha value is -3.08. The number of rotatable bonds is 5. The van der Waals surface area contributed by atoms with Gasteiger partial charge in [-0.15, -0.1) is 0 Å². The summed E-state index contributed by atoms with van der Waals surface area (Å²) < 4.78 is 16.4. The lowest BCUT2D eigenvalue weighted by Crippen LogP contribution is -2.05. The molecule has 0 saturated carbocycles. The van der Waals surface area contributed by atoms with E-state index in [1.54, 1.807) is 31.2 Å². The van der Waals surface area contributed by atoms with Crippen LogP contribution in [0.15, 0.2) is 48.2 Å². The second kappa shape index (κ2) is 7.21. The van der Waals surface area contributed by atoms with Crippen molar-refractivity contribution in [2.24, 2.45) is 0 Å². The van der Waals surface area contributed by atoms with Crippen LogP contribution in [0.3, 0.4) is 0 Å². The van der Waals surface area contributed by atoms with Gasteiger partial charge in [-0.1, -0.05) is 25.1 Å². The lowest BCUT2D eigenvalue weighted by atomic mass is 10.1. The molecular weight excluding hydrogens is 320 g/mol. The van der Waals surface area contributed by atoms with E-state index in [2.05, 4.69) is 0 Å². The monoisotopic (exact) mass is 338 g/mol. The molecule has 0 unspecified atom stereocenters. The van der Waals surface area contributed by atoms with E-state index in [0.717, 1.165) is 5.56 Å². The predicted molar refractivity (Wildman–Crippen MR) is 92.9 cm³/mol. The van der Waals surface area contributed by atoms with E-state index in [-0.39, 0.29) is 23.9 Å². The maximum Gasteiger partial charge on any atom is 0.310 e. The zero-order valence-corrected chi connectivity index (χ0v) is 14.1. The van der Waals surface area contributed by atoms with Gasteiger partial charge in [-0.25, -0.2) is 0 Å². The van der Waals surface area contributed by atoms with Gasteiger partial charge in [-0.3, -0.25) is 9.59 Å². The van der Waals surface area contributed by atoms with Gasteiger partial charge >= 0.3 is 5.97 Å². The molecule has 0 atom stereocenters. The molecule has 1 aliphatic rings. The third-order valence-electron chi connectivity index (χ3n) is 3.67. The van der Waals surface area contributed by atoms with Gasteiger partial charge < -0.3 is 14.2 Å². The first-order chi connectivity index (χ1) is 12.1. The lowest BCUT2D eigenvalue weighted by molar-refractivity contribution is -0.134. The number of carbonyl (C=O) groups excluding carboxylic acids is 2. The zero-order chi connectivity index (χ0) is 17.8. The summed E-state index contributed by atoms with van der Waals surface area (Å²) in [7, 11) is 0. The maximum atomic E-state index is 12.5. The van der Waals surface area contributed by atoms with E-state index in [1.165, 1.54) is 0 Å². The minimum atomic E-state index is -0.342. The zero-order valence-electron chi connectivity index (χ0n) is 14.1. The SMILES string of the molecule is CCOc1ccccc1/C=C1\Oc2cc(OC(=O)CC)ccc2C1=O. The average Bonchev–Trinajstić information content (AvgIpc) is 2.92. The fourth-order valence-corrected chi connectivity index (χ4v) is 2.46. The molecule has 0 fully saturated rings. The number of carbonyl (C=O) groups is 2. The van der Waals surface area contributed by atoms with Crippen LogP contribution in [0, 0.1) is 0 Å². The number of ketones is 1. The quantitative estimate of drug-likeness (QED) is 0.468. The van der Waals surface area contributed by atoms with Gasteiger partial charge in [0.05, 0.1) is 12.2 Å². The summed E-state index contributed by atoms with van der Waals surface area (Å²) in [4.78, 5) is 23.9. The Morgan fingerprint density at radius 3 is 2.72 bits per heavy atom. The standard InChI is InChI=1S/C20H18O5/c1-3-19(21)24-14-9-10-15-17(12-14)25-18(20(15)22)11-13-7-5-6-8-16(13)23-4-2/h5-12H,3-4H2,1-2H3/b18-11-. The van der Waals surface area contributed by atoms with Crippen molar-refractivity contribution < 1.29 is 23.8 Å². The van der Waals surface area contributed by atoms with Crippen molar-refractivity contribution in [2.45, 2.75) is 20.3 Å². The van der Waals surface area contributed by atoms with Crippen LogP contribution in [0.2, 0.25) is 0 Å². The molecule has 3 rings (SSSR count). The molecular formula is C20H18O5. The molecule has 2 aromatic rings. The molecule has 5 nitrogen and oxygen atoms in total. The molecule has 5 heteroatoms. The fraction of sp³-hybridized carbons (Fsp3) is 0.200. The Labute approximate surface area is 145 Å². The topological polar surface area (TPSA) is 61.8 Å². The molecule has 0 N–H and O–H groups in total. The van der Waals surface area contributed by atoms with Gasteiger partial charge in [0.2, 0.25) is 5.78 Å². The summed E-state index contributed by atoms with van der Waals surface area (Å²) in [5.74, 6) is 1.07. The molecule has 1 heterocycles. The molecule has 2 aromatic carbocycles. The van der Waals surface area contributed by atoms with Crippen LogP contribution >= 0.6 is 0 Å². The Morgan fingerprint density at radius 2 is 1.96 bits per heavy atom. The van der Waals surface area contributed by atoms with Crippen molar-refractivity contribution in [3.05, 3.63) is 59.4 Å². The van der Waals surface area contributed by atoms with E-state index < -0.39 is 0 Å². The predicted octanol–water partition coefficient (Wildman–Crippen LogP) is 4.02. The van der Waals surface area contributed by atoms with Crippen LogP contribution in [0.1, 0.15) is 36.2 Å². The molecule has 0 saturated heterocycles. The smallest absolute Gasteiger partial charge is 0.310 e. The van der Waals surface area contributed by atoms with Crippen LogP contribution in [-0.4, -0.2) is 18.4 Å². The molecule has 0 aromatic heterocycles. The Kier molecular flexibility index (Phi) is 4.84. The van der Waals surface area contributed by atoms with Gasteiger partial charge in [0.15, 0.2) is 5.76 Å². The molecule has 0 aliphatic carbocycles. The number of benzene rings is 2. The number of fused-ring (bicyclic) bond motifs is 1. The first-order valence-corrected chi connectivity index (χ1v) is 8.13. The minimum absolute atomic E-state index is 0.209. The van der Waals surface area contributed by atoms with Crippen molar-refractivity contribution in [1.82, 2.24) is 0 Å². The van der Waals surface area contributed by atoms with Crippen molar-refractivity contribution in [1.29, 1.82) is 0 Å². The lowest BCUT2D eigenvalue weighted by Gasteiger charge is -2.07. The van der Waals surface area contributed by atoms with E-state index in [9.17, 15) is 9.59 Å². The number of hydrogen-bond donors (Lipinski definition) is 0. The van der Waals surface area contributed by atoms with Crippen molar-refractivity contribution in [2.75, 3.05) is 6.61 Å². The van der Waals surface area contributed by atoms with Crippen molar-refractivity contribution in [3.8, 4) is 17.2 Å². The van der Waals surface area contributed by atoms with E-state index in [4.69, 9.17) is 14.2 Å². The summed E-state index contributed by atoms with van der Waals surface area (Å²) in [5, 5.41) is 0. The molecule has 0 bridgehead atoms. The highest BCUT2D eigenvalue weighted by Gasteiger charge is 2.28. The highest BCUT2D eigenvalue weighted by atomic mass is 16.5. The van der Waals surface area contributed by atoms with E-state index >= 15 is 0 Å². The number of para-hydroxylation sites is 1. The van der Waals surface area contributed by atoms with Gasteiger partial charge in [0.25, 0.3) is 0 Å². The van der Waals surface area contributed by atoms with Gasteiger partial charge in [0, 0.05) is 18.1 Å². The molecule has 128 valence electrons. The fourth-order valence-electron chi connectivity index (χ4n) is 2.46. The largest absolute Gasteiger partial charge is 0.493 e. The second-order valence-electron chi connectivity index (χ2n) is 5.40. The summed E-state index contributed by atoms with van der Waals surface area (Å²) in [6, 6.07) is 12.2. The van der Waals surface area contributed by atoms with Crippen molar-refractivity contribution in [3.63, 3.8) is 0 Å². The number of esters is 1. The van der Waals surface area contributed by atoms with Gasteiger partial charge in [-0.05, 0) is 31.2 Å². The number of Topliss-reactive ketones (excluding diaryl/α,β-unsaturated/α-hetero) is 1. The first-order valence-electron chi connectivity index (χ1n) is 8.13. The normalized spacial score (nSPS) is 14.2. The average molecular weight is 338 g/mol. The summed E-state index contributed by atoms with van der Waals surface area (Å²) >= 11 is 0. The van der Waals surface area contributed by atoms with Crippen molar-refractivity contribution >= 4 is 17.8 Å². The Morgan fingerprint density at radius 1 is 1.16 bits per heavy atom. The molecule has 0 spiro atoms. The number of hydrogen-bond acceptors (Lipinski definition) is 5. The minimum Gasteiger partial charge on any atom is -0.493 e. The third kappa shape index (κ3) is 3.55. The summed E-state index contributed by atoms with van der Waals surface area (Å²) in [5.41, 5.74) is 1.20. The Bertz CT molecular complexity index is 851. The summed E-state index contributed by atoms with van der Waals surface area (Å²) in [6.07, 6.45) is 1.93. The molecule has 1 aliphatic heterocycles. The number of allylic oxidation sites excluding steroid dienone is 1. The second-order valence-corrected chi connectivity index (χ2v) is 5.40. The Balaban J connectivity index is 1.89. The van der Waals surface area contributed by atoms with Crippen LogP contribution in [-0.2, 0) is 4.79 Å². The highest BCUT2D eigenvalue weighted by molar-refractivity contribution is 6.14. The van der Waals surface area contributed by atoms with Crippen LogP contribution in [0.25, 0.3) is 6.08 Å². The highest BCUT2D eigenvalue weighted by Crippen LogP contribution is 2.35. The number of ether oxygens (including phenoxy) is 3. The third-order valence-corrected chi connectivity index (χ3v) is 3.67. The van der Waals surface area contributed by atoms with Crippen LogP contribution in [0.4, 0.5) is 0 Å². The molecule has 0 amide bonds. The first kappa shape index (κ1) is 16.8. The maximum absolute atomic E-state index is 12.5. The van der Waals surface area contributed by atoms with Gasteiger partial charge in [-0.2, -0.15) is 0 Å². The van der Waals surface area contributed by atoms with Gasteiger partial charge in [0.1, 0.15) is 17.2 Å². The summed E-state index contributed by atoms with van der Waals surface area (Å²) in [6.45, 7) is 4.14. The molecule has 0 radical (unpaired) electrons. The van der Waals surface area contributed by atoms with Crippen LogP contribution < -0.4 is 14.2 Å². The molecule has 25 heavy (non-hydrogen) atoms. The van der Waals surface area contributed by atoms with E-state index in [1.807, 2.05) is 31.2 Å².